The summed E-state index contributed by atoms with van der Waals surface area (Å²) < 4.78 is 71.4. The van der Waals surface area contributed by atoms with Gasteiger partial charge in [0.05, 0.1) is 0 Å². The number of rotatable bonds is 6. The predicted octanol–water partition coefficient (Wildman–Crippen LogP) is 7.03. The van der Waals surface area contributed by atoms with Crippen molar-refractivity contribution in [2.75, 3.05) is 0 Å². The van der Waals surface area contributed by atoms with Crippen LogP contribution in [0.3, 0.4) is 0 Å². The van der Waals surface area contributed by atoms with E-state index in [-0.39, 0.29) is 16.3 Å². The number of hydrogen-bond donors (Lipinski definition) is 0. The van der Waals surface area contributed by atoms with Gasteiger partial charge in [-0.2, -0.15) is 8.78 Å². The molecule has 0 aromatic heterocycles. The van der Waals surface area contributed by atoms with E-state index in [1.54, 1.807) is 12.1 Å². The lowest BCUT2D eigenvalue weighted by molar-refractivity contribution is -0.0544. The molecule has 0 spiro atoms. The first kappa shape index (κ1) is 19.9. The van der Waals surface area contributed by atoms with E-state index < -0.39 is 29.8 Å². The van der Waals surface area contributed by atoms with Crippen LogP contribution in [-0.4, -0.2) is 6.61 Å². The second-order valence-corrected chi connectivity index (χ2v) is 6.24. The smallest absolute Gasteiger partial charge is 0.387 e. The van der Waals surface area contributed by atoms with Crippen molar-refractivity contribution >= 4 is 10.8 Å². The van der Waals surface area contributed by atoms with Crippen LogP contribution in [0, 0.1) is 17.5 Å². The largest absolute Gasteiger partial charge is 0.429 e. The second kappa shape index (κ2) is 8.42. The quantitative estimate of drug-likeness (QED) is 0.323. The Kier molecular flexibility index (Phi) is 5.97. The van der Waals surface area contributed by atoms with Crippen molar-refractivity contribution in [2.24, 2.45) is 0 Å². The molecule has 0 bridgehead atoms. The zero-order valence-electron chi connectivity index (χ0n) is 15.0. The highest BCUT2D eigenvalue weighted by molar-refractivity contribution is 5.89. The first-order valence-corrected chi connectivity index (χ1v) is 8.67. The van der Waals surface area contributed by atoms with E-state index in [1.807, 2.05) is 19.1 Å². The molecule has 6 heteroatoms. The summed E-state index contributed by atoms with van der Waals surface area (Å²) in [5, 5.41) is 0.0230. The monoisotopic (exact) mass is 392 g/mol. The summed E-state index contributed by atoms with van der Waals surface area (Å²) in [6.45, 7) is -1.43. The summed E-state index contributed by atoms with van der Waals surface area (Å²) in [7, 11) is 0. The molecule has 0 amide bonds. The van der Waals surface area contributed by atoms with Gasteiger partial charge in [0.2, 0.25) is 0 Å². The SMILES string of the molecule is C/C=C/CCc1ccc(-c2ccc3c(F)c(OC(F)F)c(F)cc3c2)c(F)c1. The van der Waals surface area contributed by atoms with Gasteiger partial charge in [-0.05, 0) is 54.5 Å². The van der Waals surface area contributed by atoms with Gasteiger partial charge in [-0.1, -0.05) is 36.4 Å². The number of halogens is 5. The number of alkyl halides is 2. The van der Waals surface area contributed by atoms with E-state index >= 15 is 0 Å². The number of allylic oxidation sites excluding steroid dienone is 2. The van der Waals surface area contributed by atoms with Crippen molar-refractivity contribution in [1.82, 2.24) is 0 Å². The maximum atomic E-state index is 14.5. The van der Waals surface area contributed by atoms with Gasteiger partial charge >= 0.3 is 6.61 Å². The van der Waals surface area contributed by atoms with Gasteiger partial charge in [-0.15, -0.1) is 0 Å². The summed E-state index contributed by atoms with van der Waals surface area (Å²) >= 11 is 0. The fourth-order valence-electron chi connectivity index (χ4n) is 3.04. The number of hydrogen-bond acceptors (Lipinski definition) is 1. The molecule has 0 radical (unpaired) electrons. The van der Waals surface area contributed by atoms with Crippen molar-refractivity contribution < 1.29 is 26.7 Å². The molecule has 3 rings (SSSR count). The van der Waals surface area contributed by atoms with E-state index in [0.717, 1.165) is 18.1 Å². The first-order valence-electron chi connectivity index (χ1n) is 8.67. The van der Waals surface area contributed by atoms with Gasteiger partial charge in [0.1, 0.15) is 5.82 Å². The van der Waals surface area contributed by atoms with Crippen LogP contribution in [0.15, 0.2) is 54.6 Å². The maximum Gasteiger partial charge on any atom is 0.387 e. The molecule has 0 saturated heterocycles. The average molecular weight is 392 g/mol. The number of ether oxygens (including phenoxy) is 1. The van der Waals surface area contributed by atoms with Crippen LogP contribution in [0.2, 0.25) is 0 Å². The van der Waals surface area contributed by atoms with E-state index in [2.05, 4.69) is 4.74 Å². The Morgan fingerprint density at radius 2 is 1.75 bits per heavy atom. The molecule has 0 heterocycles. The molecule has 0 aliphatic carbocycles. The Morgan fingerprint density at radius 3 is 2.43 bits per heavy atom. The number of benzene rings is 3. The van der Waals surface area contributed by atoms with Gasteiger partial charge in [-0.3, -0.25) is 0 Å². The molecule has 3 aromatic carbocycles. The zero-order valence-corrected chi connectivity index (χ0v) is 15.0. The fourth-order valence-corrected chi connectivity index (χ4v) is 3.04. The minimum Gasteiger partial charge on any atom is -0.429 e. The third-order valence-corrected chi connectivity index (χ3v) is 4.37. The lowest BCUT2D eigenvalue weighted by atomic mass is 9.98. The standard InChI is InChI=1S/C22H17F5O/c1-2-3-4-5-13-6-8-16(18(23)10-13)14-7-9-17-15(11-14)12-19(24)21(20(17)25)28-22(26)27/h2-3,6-12,22H,4-5H2,1H3/b3-2+. The Bertz CT molecular complexity index is 1030. The molecule has 1 nitrogen and oxygen atoms in total. The fraction of sp³-hybridized carbons (Fsp3) is 0.182. The van der Waals surface area contributed by atoms with Crippen molar-refractivity contribution in [2.45, 2.75) is 26.4 Å². The minimum atomic E-state index is -3.35. The molecule has 0 aliphatic heterocycles. The second-order valence-electron chi connectivity index (χ2n) is 6.24. The summed E-state index contributed by atoms with van der Waals surface area (Å²) in [6.07, 6.45) is 5.41. The van der Waals surface area contributed by atoms with Gasteiger partial charge in [-0.25, -0.2) is 13.2 Å². The average Bonchev–Trinajstić information content (AvgIpc) is 2.65. The molecule has 0 aliphatic rings. The summed E-state index contributed by atoms with van der Waals surface area (Å²) in [4.78, 5) is 0. The predicted molar refractivity (Wildman–Crippen MR) is 99.0 cm³/mol. The first-order chi connectivity index (χ1) is 13.4. The Hall–Kier alpha value is -2.89. The topological polar surface area (TPSA) is 9.23 Å². The van der Waals surface area contributed by atoms with Crippen LogP contribution in [0.5, 0.6) is 5.75 Å². The van der Waals surface area contributed by atoms with E-state index in [4.69, 9.17) is 0 Å². The van der Waals surface area contributed by atoms with E-state index in [9.17, 15) is 22.0 Å². The third kappa shape index (κ3) is 4.16. The zero-order chi connectivity index (χ0) is 20.3. The van der Waals surface area contributed by atoms with Crippen LogP contribution in [-0.2, 0) is 6.42 Å². The normalized spacial score (nSPS) is 11.7. The van der Waals surface area contributed by atoms with Crippen LogP contribution < -0.4 is 4.74 Å². The van der Waals surface area contributed by atoms with Crippen molar-refractivity contribution in [3.05, 3.63) is 77.6 Å². The van der Waals surface area contributed by atoms with Crippen molar-refractivity contribution in [3.8, 4) is 16.9 Å². The molecule has 28 heavy (non-hydrogen) atoms. The summed E-state index contributed by atoms with van der Waals surface area (Å²) in [6, 6.07) is 9.89. The molecule has 0 unspecified atom stereocenters. The van der Waals surface area contributed by atoms with Crippen LogP contribution in [0.1, 0.15) is 18.9 Å². The lowest BCUT2D eigenvalue weighted by Crippen LogP contribution is -2.06. The molecule has 0 fully saturated rings. The van der Waals surface area contributed by atoms with Gasteiger partial charge in [0.15, 0.2) is 17.4 Å². The van der Waals surface area contributed by atoms with Gasteiger partial charge in [0, 0.05) is 10.9 Å². The van der Waals surface area contributed by atoms with E-state index in [0.29, 0.717) is 12.0 Å². The third-order valence-electron chi connectivity index (χ3n) is 4.37. The Labute approximate surface area is 159 Å². The van der Waals surface area contributed by atoms with Gasteiger partial charge < -0.3 is 4.74 Å². The Morgan fingerprint density at radius 1 is 0.964 bits per heavy atom. The molecule has 0 N–H and O–H groups in total. The highest BCUT2D eigenvalue weighted by Gasteiger charge is 2.19. The van der Waals surface area contributed by atoms with E-state index in [1.165, 1.54) is 24.3 Å². The van der Waals surface area contributed by atoms with Crippen LogP contribution in [0.4, 0.5) is 22.0 Å². The molecule has 0 saturated carbocycles. The highest BCUT2D eigenvalue weighted by Crippen LogP contribution is 2.34. The van der Waals surface area contributed by atoms with Gasteiger partial charge in [0.25, 0.3) is 0 Å². The van der Waals surface area contributed by atoms with Crippen LogP contribution >= 0.6 is 0 Å². The molecule has 0 atom stereocenters. The lowest BCUT2D eigenvalue weighted by Gasteiger charge is -2.11. The maximum absolute atomic E-state index is 14.5. The minimum absolute atomic E-state index is 0.0934. The summed E-state index contributed by atoms with van der Waals surface area (Å²) in [5.74, 6) is -4.05. The molecular weight excluding hydrogens is 375 g/mol. The summed E-state index contributed by atoms with van der Waals surface area (Å²) in [5.41, 5.74) is 1.54. The molecule has 3 aromatic rings. The van der Waals surface area contributed by atoms with Crippen molar-refractivity contribution in [1.29, 1.82) is 0 Å². The highest BCUT2D eigenvalue weighted by atomic mass is 19.3. The van der Waals surface area contributed by atoms with Crippen molar-refractivity contribution in [3.63, 3.8) is 0 Å². The number of fused-ring (bicyclic) bond motifs is 1. The number of aryl methyl sites for hydroxylation is 1. The molecular formula is C22H17F5O. The van der Waals surface area contributed by atoms with Crippen LogP contribution in [0.25, 0.3) is 21.9 Å². The Balaban J connectivity index is 1.98. The molecule has 146 valence electrons.